The Labute approximate surface area is 191 Å². The highest BCUT2D eigenvalue weighted by atomic mass is 16.5. The van der Waals surface area contributed by atoms with Gasteiger partial charge in [0.05, 0.1) is 13.7 Å². The van der Waals surface area contributed by atoms with Gasteiger partial charge in [-0.1, -0.05) is 59.7 Å². The summed E-state index contributed by atoms with van der Waals surface area (Å²) in [6, 6.07) is 13.0. The van der Waals surface area contributed by atoms with E-state index in [9.17, 15) is 15.2 Å². The Morgan fingerprint density at radius 1 is 1.03 bits per heavy atom. The van der Waals surface area contributed by atoms with Crippen molar-refractivity contribution in [2.75, 3.05) is 13.7 Å². The van der Waals surface area contributed by atoms with Crippen LogP contribution in [0, 0.1) is 11.3 Å². The lowest BCUT2D eigenvalue weighted by molar-refractivity contribution is -0.137. The van der Waals surface area contributed by atoms with E-state index in [1.54, 1.807) is 20.1 Å². The maximum absolute atomic E-state index is 12.8. The summed E-state index contributed by atoms with van der Waals surface area (Å²) in [6.45, 7) is 13.9. The number of phenols is 1. The molecule has 5 heteroatoms. The Balaban J connectivity index is 3.07. The number of benzene rings is 2. The summed E-state index contributed by atoms with van der Waals surface area (Å²) in [7, 11) is 1.55. The van der Waals surface area contributed by atoms with E-state index >= 15 is 0 Å². The third kappa shape index (κ3) is 5.13. The molecule has 2 aromatic carbocycles. The number of carbonyl (C=O) groups is 1. The van der Waals surface area contributed by atoms with Crippen LogP contribution in [0.3, 0.4) is 0 Å². The highest BCUT2D eigenvalue weighted by molar-refractivity contribution is 6.06. The Morgan fingerprint density at radius 2 is 1.56 bits per heavy atom. The zero-order valence-corrected chi connectivity index (χ0v) is 20.3. The van der Waals surface area contributed by atoms with E-state index in [-0.39, 0.29) is 28.8 Å². The lowest BCUT2D eigenvalue weighted by Crippen LogP contribution is -2.18. The Hall–Kier alpha value is -3.26. The molecule has 0 saturated heterocycles. The number of ether oxygens (including phenoxy) is 2. The lowest BCUT2D eigenvalue weighted by atomic mass is 9.76. The van der Waals surface area contributed by atoms with Crippen LogP contribution in [0.4, 0.5) is 0 Å². The molecule has 0 atom stereocenters. The third-order valence-electron chi connectivity index (χ3n) is 5.23. The molecule has 0 unspecified atom stereocenters. The van der Waals surface area contributed by atoms with Gasteiger partial charge in [-0.05, 0) is 41.5 Å². The van der Waals surface area contributed by atoms with Gasteiger partial charge in [0.1, 0.15) is 23.1 Å². The van der Waals surface area contributed by atoms with Crippen molar-refractivity contribution >= 4 is 11.5 Å². The van der Waals surface area contributed by atoms with Crippen LogP contribution in [0.1, 0.15) is 70.7 Å². The monoisotopic (exact) mass is 435 g/mol. The van der Waals surface area contributed by atoms with Crippen LogP contribution in [-0.4, -0.2) is 24.8 Å². The average molecular weight is 436 g/mol. The predicted octanol–water partition coefficient (Wildman–Crippen LogP) is 5.88. The molecule has 0 aliphatic heterocycles. The van der Waals surface area contributed by atoms with Crippen molar-refractivity contribution in [2.45, 2.75) is 59.3 Å². The van der Waals surface area contributed by atoms with Crippen LogP contribution in [0.15, 0.2) is 42.0 Å². The first kappa shape index (κ1) is 25.0. The highest BCUT2D eigenvalue weighted by Crippen LogP contribution is 2.43. The first-order valence-corrected chi connectivity index (χ1v) is 10.7. The molecule has 0 heterocycles. The SMILES string of the molecule is CCOC(=O)C(C#N)=C(c1cc(C(C)(C)C)c(O)c(C(C)(C)C)c1)c1ccccc1OC. The van der Waals surface area contributed by atoms with Gasteiger partial charge in [0.25, 0.3) is 0 Å². The molecule has 32 heavy (non-hydrogen) atoms. The Morgan fingerprint density at radius 3 is 2.00 bits per heavy atom. The fourth-order valence-corrected chi connectivity index (χ4v) is 3.61. The van der Waals surface area contributed by atoms with Crippen molar-refractivity contribution in [3.8, 4) is 17.6 Å². The van der Waals surface area contributed by atoms with E-state index in [1.807, 2.05) is 71.9 Å². The molecule has 0 spiro atoms. The Bertz CT molecular complexity index is 1040. The second-order valence-corrected chi connectivity index (χ2v) is 9.70. The number of esters is 1. The summed E-state index contributed by atoms with van der Waals surface area (Å²) in [5.41, 5.74) is 2.27. The second-order valence-electron chi connectivity index (χ2n) is 9.70. The molecule has 0 aromatic heterocycles. The minimum absolute atomic E-state index is 0.109. The van der Waals surface area contributed by atoms with Gasteiger partial charge in [-0.2, -0.15) is 5.26 Å². The quantitative estimate of drug-likeness (QED) is 0.360. The summed E-state index contributed by atoms with van der Waals surface area (Å²) in [6.07, 6.45) is 0. The maximum atomic E-state index is 12.8. The second kappa shape index (κ2) is 9.48. The minimum Gasteiger partial charge on any atom is -0.507 e. The van der Waals surface area contributed by atoms with Gasteiger partial charge in [0.15, 0.2) is 0 Å². The summed E-state index contributed by atoms with van der Waals surface area (Å²) in [5.74, 6) is 0.0589. The number of nitriles is 1. The Kier molecular flexibility index (Phi) is 7.41. The van der Waals surface area contributed by atoms with Crippen molar-refractivity contribution in [3.63, 3.8) is 0 Å². The number of hydrogen-bond acceptors (Lipinski definition) is 5. The summed E-state index contributed by atoms with van der Waals surface area (Å²) < 4.78 is 10.8. The molecule has 5 nitrogen and oxygen atoms in total. The average Bonchev–Trinajstić information content (AvgIpc) is 2.70. The number of rotatable bonds is 5. The van der Waals surface area contributed by atoms with Crippen LogP contribution in [-0.2, 0) is 20.4 Å². The van der Waals surface area contributed by atoms with Crippen molar-refractivity contribution in [2.24, 2.45) is 0 Å². The summed E-state index contributed by atoms with van der Waals surface area (Å²) >= 11 is 0. The van der Waals surface area contributed by atoms with E-state index in [2.05, 4.69) is 6.07 Å². The maximum Gasteiger partial charge on any atom is 0.349 e. The highest BCUT2D eigenvalue weighted by Gasteiger charge is 2.30. The smallest absolute Gasteiger partial charge is 0.349 e. The van der Waals surface area contributed by atoms with Crippen LogP contribution < -0.4 is 4.74 Å². The fourth-order valence-electron chi connectivity index (χ4n) is 3.61. The van der Waals surface area contributed by atoms with Crippen molar-refractivity contribution < 1.29 is 19.4 Å². The lowest BCUT2D eigenvalue weighted by Gasteiger charge is -2.29. The summed E-state index contributed by atoms with van der Waals surface area (Å²) in [4.78, 5) is 12.8. The molecule has 0 saturated carbocycles. The number of methoxy groups -OCH3 is 1. The molecular weight excluding hydrogens is 402 g/mol. The van der Waals surface area contributed by atoms with Gasteiger partial charge in [-0.15, -0.1) is 0 Å². The molecule has 0 fully saturated rings. The molecular formula is C27H33NO4. The van der Waals surface area contributed by atoms with E-state index in [0.29, 0.717) is 22.4 Å². The number of nitrogens with zero attached hydrogens (tertiary/aromatic N) is 1. The fraction of sp³-hybridized carbons (Fsp3) is 0.407. The topological polar surface area (TPSA) is 79.6 Å². The first-order valence-electron chi connectivity index (χ1n) is 10.7. The largest absolute Gasteiger partial charge is 0.507 e. The third-order valence-corrected chi connectivity index (χ3v) is 5.23. The molecule has 170 valence electrons. The standard InChI is InChI=1S/C27H33NO4/c1-9-32-25(30)19(16-28)23(18-12-10-11-13-22(18)31-8)17-14-20(26(2,3)4)24(29)21(15-17)27(5,6)7/h10-15,29H,9H2,1-8H3. The number of phenolic OH excluding ortho intramolecular Hbond substituents is 1. The van der Waals surface area contributed by atoms with Crippen molar-refractivity contribution in [1.29, 1.82) is 5.26 Å². The molecule has 1 N–H and O–H groups in total. The number of carbonyl (C=O) groups excluding carboxylic acids is 1. The van der Waals surface area contributed by atoms with Crippen molar-refractivity contribution in [1.82, 2.24) is 0 Å². The molecule has 0 aliphatic carbocycles. The predicted molar refractivity (Wildman–Crippen MR) is 127 cm³/mol. The minimum atomic E-state index is -0.696. The van der Waals surface area contributed by atoms with Crippen LogP contribution in [0.5, 0.6) is 11.5 Å². The molecule has 2 aromatic rings. The van der Waals surface area contributed by atoms with Crippen LogP contribution in [0.2, 0.25) is 0 Å². The number of hydrogen-bond donors (Lipinski definition) is 1. The number of aromatic hydroxyl groups is 1. The molecule has 2 rings (SSSR count). The molecule has 0 amide bonds. The van der Waals surface area contributed by atoms with Crippen LogP contribution in [0.25, 0.3) is 5.57 Å². The molecule has 0 aliphatic rings. The molecule has 0 bridgehead atoms. The zero-order chi connectivity index (χ0) is 24.3. The van der Waals surface area contributed by atoms with Crippen molar-refractivity contribution in [3.05, 3.63) is 64.2 Å². The van der Waals surface area contributed by atoms with Gasteiger partial charge in [-0.3, -0.25) is 0 Å². The van der Waals surface area contributed by atoms with Gasteiger partial charge < -0.3 is 14.6 Å². The normalized spacial score (nSPS) is 12.6. The summed E-state index contributed by atoms with van der Waals surface area (Å²) in [5, 5.41) is 21.1. The first-order chi connectivity index (χ1) is 14.9. The zero-order valence-electron chi connectivity index (χ0n) is 20.3. The van der Waals surface area contributed by atoms with E-state index < -0.39 is 5.97 Å². The van der Waals surface area contributed by atoms with Gasteiger partial charge >= 0.3 is 5.97 Å². The molecule has 0 radical (unpaired) electrons. The number of para-hydroxylation sites is 1. The van der Waals surface area contributed by atoms with E-state index in [0.717, 1.165) is 11.1 Å². The van der Waals surface area contributed by atoms with Gasteiger partial charge in [0, 0.05) is 22.3 Å². The van der Waals surface area contributed by atoms with Gasteiger partial charge in [0.2, 0.25) is 0 Å². The van der Waals surface area contributed by atoms with Crippen LogP contribution >= 0.6 is 0 Å². The van der Waals surface area contributed by atoms with Gasteiger partial charge in [-0.25, -0.2) is 4.79 Å². The van der Waals surface area contributed by atoms with E-state index in [4.69, 9.17) is 9.47 Å². The van der Waals surface area contributed by atoms with E-state index in [1.165, 1.54) is 0 Å².